The Morgan fingerprint density at radius 3 is 2.75 bits per heavy atom. The molecule has 1 amide bonds. The van der Waals surface area contributed by atoms with Gasteiger partial charge in [-0.05, 0) is 25.7 Å². The van der Waals surface area contributed by atoms with Crippen LogP contribution in [0.3, 0.4) is 0 Å². The van der Waals surface area contributed by atoms with E-state index < -0.39 is 0 Å². The standard InChI is InChI=1S/C9H15NO2/c11-6-8-2-1-5-10(8)9(12)7-3-4-7/h7-8,11H,1-6H2/t8-/m1/s1. The highest BCUT2D eigenvalue weighted by molar-refractivity contribution is 5.81. The number of likely N-dealkylation sites (tertiary alicyclic amines) is 1. The molecule has 3 heteroatoms. The Hall–Kier alpha value is -0.570. The Morgan fingerprint density at radius 2 is 2.17 bits per heavy atom. The van der Waals surface area contributed by atoms with Gasteiger partial charge >= 0.3 is 0 Å². The molecule has 1 heterocycles. The summed E-state index contributed by atoms with van der Waals surface area (Å²) in [5.41, 5.74) is 0. The van der Waals surface area contributed by atoms with E-state index in [4.69, 9.17) is 5.11 Å². The molecule has 2 fully saturated rings. The van der Waals surface area contributed by atoms with Gasteiger partial charge in [0.25, 0.3) is 0 Å². The van der Waals surface area contributed by atoms with Gasteiger partial charge in [0.15, 0.2) is 0 Å². The second-order valence-corrected chi connectivity index (χ2v) is 3.78. The van der Waals surface area contributed by atoms with Crippen LogP contribution in [0, 0.1) is 5.92 Å². The van der Waals surface area contributed by atoms with Crippen molar-refractivity contribution < 1.29 is 9.90 Å². The molecule has 2 rings (SSSR count). The van der Waals surface area contributed by atoms with E-state index in [1.807, 2.05) is 4.90 Å². The maximum atomic E-state index is 11.6. The van der Waals surface area contributed by atoms with Gasteiger partial charge in [-0.15, -0.1) is 0 Å². The summed E-state index contributed by atoms with van der Waals surface area (Å²) in [7, 11) is 0. The number of rotatable bonds is 2. The molecular weight excluding hydrogens is 154 g/mol. The first kappa shape index (κ1) is 8.05. The molecule has 1 saturated carbocycles. The van der Waals surface area contributed by atoms with Crippen LogP contribution in [0.4, 0.5) is 0 Å². The first-order valence-electron chi connectivity index (χ1n) is 4.74. The summed E-state index contributed by atoms with van der Waals surface area (Å²) in [4.78, 5) is 13.5. The molecule has 0 bridgehead atoms. The van der Waals surface area contributed by atoms with Crippen LogP contribution < -0.4 is 0 Å². The zero-order valence-electron chi connectivity index (χ0n) is 7.20. The van der Waals surface area contributed by atoms with E-state index >= 15 is 0 Å². The monoisotopic (exact) mass is 169 g/mol. The molecule has 1 saturated heterocycles. The molecule has 1 aliphatic heterocycles. The molecule has 0 radical (unpaired) electrons. The number of aliphatic hydroxyl groups excluding tert-OH is 1. The summed E-state index contributed by atoms with van der Waals surface area (Å²) in [6.07, 6.45) is 4.17. The van der Waals surface area contributed by atoms with Gasteiger partial charge in [0.1, 0.15) is 0 Å². The maximum absolute atomic E-state index is 11.6. The Balaban J connectivity index is 1.96. The van der Waals surface area contributed by atoms with E-state index in [2.05, 4.69) is 0 Å². The smallest absolute Gasteiger partial charge is 0.226 e. The van der Waals surface area contributed by atoms with Crippen molar-refractivity contribution in [3.05, 3.63) is 0 Å². The fourth-order valence-electron chi connectivity index (χ4n) is 1.88. The molecular formula is C9H15NO2. The Kier molecular flexibility index (Phi) is 2.05. The van der Waals surface area contributed by atoms with Gasteiger partial charge in [-0.3, -0.25) is 4.79 Å². The normalized spacial score (nSPS) is 29.4. The molecule has 68 valence electrons. The third kappa shape index (κ3) is 1.33. The molecule has 1 N–H and O–H groups in total. The number of nitrogens with zero attached hydrogens (tertiary/aromatic N) is 1. The molecule has 0 aromatic carbocycles. The zero-order chi connectivity index (χ0) is 8.55. The number of aliphatic hydroxyl groups is 1. The maximum Gasteiger partial charge on any atom is 0.226 e. The third-order valence-corrected chi connectivity index (χ3v) is 2.80. The van der Waals surface area contributed by atoms with Crippen molar-refractivity contribution in [2.45, 2.75) is 31.7 Å². The van der Waals surface area contributed by atoms with Crippen LogP contribution in [0.25, 0.3) is 0 Å². The van der Waals surface area contributed by atoms with Crippen molar-refractivity contribution in [3.8, 4) is 0 Å². The van der Waals surface area contributed by atoms with Crippen LogP contribution in [0.2, 0.25) is 0 Å². The van der Waals surface area contributed by atoms with Crippen molar-refractivity contribution in [1.82, 2.24) is 4.90 Å². The fraction of sp³-hybridized carbons (Fsp3) is 0.889. The minimum Gasteiger partial charge on any atom is -0.394 e. The Labute approximate surface area is 72.4 Å². The van der Waals surface area contributed by atoms with Gasteiger partial charge in [-0.25, -0.2) is 0 Å². The highest BCUT2D eigenvalue weighted by atomic mass is 16.3. The third-order valence-electron chi connectivity index (χ3n) is 2.80. The lowest BCUT2D eigenvalue weighted by Crippen LogP contribution is -2.38. The predicted octanol–water partition coefficient (Wildman–Crippen LogP) is 0.380. The van der Waals surface area contributed by atoms with Crippen LogP contribution in [-0.2, 0) is 4.79 Å². The van der Waals surface area contributed by atoms with Crippen molar-refractivity contribution >= 4 is 5.91 Å². The highest BCUT2D eigenvalue weighted by Crippen LogP contribution is 2.33. The van der Waals surface area contributed by atoms with Crippen molar-refractivity contribution in [2.75, 3.05) is 13.2 Å². The number of carbonyl (C=O) groups is 1. The number of carbonyl (C=O) groups excluding carboxylic acids is 1. The van der Waals surface area contributed by atoms with Crippen molar-refractivity contribution in [2.24, 2.45) is 5.92 Å². The van der Waals surface area contributed by atoms with E-state index in [-0.39, 0.29) is 18.6 Å². The van der Waals surface area contributed by atoms with E-state index in [1.54, 1.807) is 0 Å². The largest absolute Gasteiger partial charge is 0.394 e. The molecule has 1 atom stereocenters. The van der Waals surface area contributed by atoms with E-state index in [0.717, 1.165) is 32.2 Å². The Morgan fingerprint density at radius 1 is 1.42 bits per heavy atom. The second kappa shape index (κ2) is 3.05. The lowest BCUT2D eigenvalue weighted by molar-refractivity contribution is -0.134. The summed E-state index contributed by atoms with van der Waals surface area (Å²) in [5, 5.41) is 8.99. The fourth-order valence-corrected chi connectivity index (χ4v) is 1.88. The average Bonchev–Trinajstić information content (AvgIpc) is 2.82. The molecule has 0 aromatic rings. The molecule has 2 aliphatic rings. The topological polar surface area (TPSA) is 40.5 Å². The number of hydrogen-bond acceptors (Lipinski definition) is 2. The second-order valence-electron chi connectivity index (χ2n) is 3.78. The number of amides is 1. The van der Waals surface area contributed by atoms with Gasteiger partial charge in [0.05, 0.1) is 12.6 Å². The molecule has 1 aliphatic carbocycles. The van der Waals surface area contributed by atoms with E-state index in [1.165, 1.54) is 0 Å². The quantitative estimate of drug-likeness (QED) is 0.649. The lowest BCUT2D eigenvalue weighted by atomic mass is 10.2. The van der Waals surface area contributed by atoms with E-state index in [0.29, 0.717) is 5.92 Å². The summed E-state index contributed by atoms with van der Waals surface area (Å²) in [6, 6.07) is 0.123. The van der Waals surface area contributed by atoms with Crippen LogP contribution in [0.5, 0.6) is 0 Å². The molecule has 0 spiro atoms. The summed E-state index contributed by atoms with van der Waals surface area (Å²) >= 11 is 0. The van der Waals surface area contributed by atoms with Crippen LogP contribution in [-0.4, -0.2) is 35.1 Å². The lowest BCUT2D eigenvalue weighted by Gasteiger charge is -2.22. The van der Waals surface area contributed by atoms with Crippen molar-refractivity contribution in [3.63, 3.8) is 0 Å². The van der Waals surface area contributed by atoms with Crippen molar-refractivity contribution in [1.29, 1.82) is 0 Å². The van der Waals surface area contributed by atoms with Gasteiger partial charge in [-0.2, -0.15) is 0 Å². The average molecular weight is 169 g/mol. The molecule has 12 heavy (non-hydrogen) atoms. The molecule has 0 unspecified atom stereocenters. The summed E-state index contributed by atoms with van der Waals surface area (Å²) in [6.45, 7) is 0.999. The van der Waals surface area contributed by atoms with Gasteiger partial charge in [0.2, 0.25) is 5.91 Å². The Bertz CT molecular complexity index is 189. The number of hydrogen-bond donors (Lipinski definition) is 1. The minimum absolute atomic E-state index is 0.123. The first-order valence-corrected chi connectivity index (χ1v) is 4.74. The van der Waals surface area contributed by atoms with Gasteiger partial charge in [-0.1, -0.05) is 0 Å². The molecule has 0 aromatic heterocycles. The van der Waals surface area contributed by atoms with Crippen LogP contribution in [0.15, 0.2) is 0 Å². The highest BCUT2D eigenvalue weighted by Gasteiger charge is 2.37. The first-order chi connectivity index (χ1) is 5.83. The van der Waals surface area contributed by atoms with Crippen LogP contribution >= 0.6 is 0 Å². The zero-order valence-corrected chi connectivity index (χ0v) is 7.20. The van der Waals surface area contributed by atoms with Gasteiger partial charge < -0.3 is 10.0 Å². The predicted molar refractivity (Wildman–Crippen MR) is 44.5 cm³/mol. The summed E-state index contributed by atoms with van der Waals surface area (Å²) in [5.74, 6) is 0.587. The minimum atomic E-state index is 0.123. The molecule has 3 nitrogen and oxygen atoms in total. The summed E-state index contributed by atoms with van der Waals surface area (Å²) < 4.78 is 0. The van der Waals surface area contributed by atoms with Gasteiger partial charge in [0, 0.05) is 12.5 Å². The van der Waals surface area contributed by atoms with Crippen LogP contribution in [0.1, 0.15) is 25.7 Å². The van der Waals surface area contributed by atoms with E-state index in [9.17, 15) is 4.79 Å². The SMILES string of the molecule is O=C(C1CC1)N1CCC[C@@H]1CO.